The smallest absolute Gasteiger partial charge is 0.00985 e. The molecular weight excluding hydrogens is 204 g/mol. The predicted molar refractivity (Wildman–Crippen MR) is 79.5 cm³/mol. The number of hydrogen-bond acceptors (Lipinski definition) is 0. The van der Waals surface area contributed by atoms with Crippen molar-refractivity contribution in [1.29, 1.82) is 0 Å². The van der Waals surface area contributed by atoms with Gasteiger partial charge in [0.2, 0.25) is 0 Å². The average molecular weight is 234 g/mol. The Kier molecular flexibility index (Phi) is 6.52. The maximum absolute atomic E-state index is 2.36. The van der Waals surface area contributed by atoms with Crippen molar-refractivity contribution in [1.82, 2.24) is 0 Å². The van der Waals surface area contributed by atoms with E-state index in [1.54, 1.807) is 0 Å². The Morgan fingerprint density at radius 2 is 1.35 bits per heavy atom. The lowest BCUT2D eigenvalue weighted by Gasteiger charge is -2.34. The van der Waals surface area contributed by atoms with Crippen LogP contribution < -0.4 is 0 Å². The van der Waals surface area contributed by atoms with Gasteiger partial charge in [0.15, 0.2) is 0 Å². The molecule has 0 spiro atoms. The number of hydrogen-bond donors (Lipinski definition) is 0. The number of benzene rings is 1. The fraction of sp³-hybridized carbons (Fsp3) is 0.647. The summed E-state index contributed by atoms with van der Waals surface area (Å²) in [6.45, 7) is 15.7. The normalized spacial score (nSPS) is 11.7. The minimum atomic E-state index is 0.279. The lowest BCUT2D eigenvalue weighted by molar-refractivity contribution is 0.248. The van der Waals surface area contributed by atoms with E-state index in [1.807, 2.05) is 13.8 Å². The molecule has 0 N–H and O–H groups in total. The Morgan fingerprint density at radius 1 is 0.882 bits per heavy atom. The van der Waals surface area contributed by atoms with Crippen molar-refractivity contribution >= 4 is 0 Å². The summed E-state index contributed by atoms with van der Waals surface area (Å²) in [6.07, 6.45) is 2.48. The van der Waals surface area contributed by atoms with Crippen molar-refractivity contribution in [3.63, 3.8) is 0 Å². The summed E-state index contributed by atoms with van der Waals surface area (Å²) in [6, 6.07) is 10.8. The van der Waals surface area contributed by atoms with Gasteiger partial charge in [-0.3, -0.25) is 0 Å². The number of rotatable bonds is 4. The Labute approximate surface area is 108 Å². The van der Waals surface area contributed by atoms with E-state index in [-0.39, 0.29) is 5.41 Å². The van der Waals surface area contributed by atoms with E-state index in [2.05, 4.69) is 65.0 Å². The zero-order valence-electron chi connectivity index (χ0n) is 12.8. The monoisotopic (exact) mass is 234 g/mol. The summed E-state index contributed by atoms with van der Waals surface area (Å²) in [4.78, 5) is 0. The summed E-state index contributed by atoms with van der Waals surface area (Å²) in [5.41, 5.74) is 2.16. The molecule has 0 nitrogen and oxygen atoms in total. The van der Waals surface area contributed by atoms with Crippen LogP contribution in [0.2, 0.25) is 0 Å². The van der Waals surface area contributed by atoms with E-state index in [4.69, 9.17) is 0 Å². The van der Waals surface area contributed by atoms with Gasteiger partial charge in [0.05, 0.1) is 0 Å². The van der Waals surface area contributed by atoms with Gasteiger partial charge in [-0.2, -0.15) is 0 Å². The third kappa shape index (κ3) is 5.39. The molecule has 1 rings (SSSR count). The molecule has 1 aromatic carbocycles. The van der Waals surface area contributed by atoms with E-state index in [0.29, 0.717) is 5.41 Å². The Bertz CT molecular complexity index is 293. The molecule has 0 aromatic heterocycles. The Morgan fingerprint density at radius 3 is 1.76 bits per heavy atom. The summed E-state index contributed by atoms with van der Waals surface area (Å²) in [5, 5.41) is 0. The first-order chi connectivity index (χ1) is 7.87. The van der Waals surface area contributed by atoms with E-state index < -0.39 is 0 Å². The van der Waals surface area contributed by atoms with E-state index >= 15 is 0 Å². The second-order valence-corrected chi connectivity index (χ2v) is 5.94. The van der Waals surface area contributed by atoms with E-state index in [1.165, 1.54) is 18.4 Å². The second-order valence-electron chi connectivity index (χ2n) is 5.94. The van der Waals surface area contributed by atoms with Gasteiger partial charge in [-0.15, -0.1) is 0 Å². The van der Waals surface area contributed by atoms with Crippen molar-refractivity contribution in [2.75, 3.05) is 0 Å². The molecular formula is C17H30. The summed E-state index contributed by atoms with van der Waals surface area (Å²) < 4.78 is 0. The van der Waals surface area contributed by atoms with Gasteiger partial charge in [-0.25, -0.2) is 0 Å². The Balaban J connectivity index is 0.00000121. The standard InChI is InChI=1S/C15H24.C2H6/c1-6-14(2,3)12-15(4,5)13-10-8-7-9-11-13;1-2/h7-11H,6,12H2,1-5H3;1-2H3. The zero-order chi connectivity index (χ0) is 13.5. The van der Waals surface area contributed by atoms with Crippen LogP contribution in [0.4, 0.5) is 0 Å². The quantitative estimate of drug-likeness (QED) is 0.616. The van der Waals surface area contributed by atoms with Crippen molar-refractivity contribution in [3.05, 3.63) is 35.9 Å². The SMILES string of the molecule is CC.CCC(C)(C)CC(C)(C)c1ccccc1. The van der Waals surface area contributed by atoms with Crippen LogP contribution in [-0.4, -0.2) is 0 Å². The highest BCUT2D eigenvalue weighted by molar-refractivity contribution is 5.23. The highest BCUT2D eigenvalue weighted by atomic mass is 14.3. The highest BCUT2D eigenvalue weighted by Crippen LogP contribution is 2.38. The third-order valence-corrected chi connectivity index (χ3v) is 3.43. The maximum atomic E-state index is 2.36. The van der Waals surface area contributed by atoms with Crippen LogP contribution in [0.25, 0.3) is 0 Å². The molecule has 0 bridgehead atoms. The molecule has 0 heterocycles. The first-order valence-corrected chi connectivity index (χ1v) is 6.93. The van der Waals surface area contributed by atoms with Crippen LogP contribution in [-0.2, 0) is 5.41 Å². The average Bonchev–Trinajstić information content (AvgIpc) is 2.32. The molecule has 0 aliphatic carbocycles. The van der Waals surface area contributed by atoms with Gasteiger partial charge in [-0.1, -0.05) is 85.2 Å². The molecule has 0 heteroatoms. The summed E-state index contributed by atoms with van der Waals surface area (Å²) in [5.74, 6) is 0. The fourth-order valence-corrected chi connectivity index (χ4v) is 2.31. The Hall–Kier alpha value is -0.780. The largest absolute Gasteiger partial charge is 0.0683 e. The lowest BCUT2D eigenvalue weighted by atomic mass is 9.70. The molecule has 0 amide bonds. The van der Waals surface area contributed by atoms with Crippen LogP contribution in [0, 0.1) is 5.41 Å². The van der Waals surface area contributed by atoms with Gasteiger partial charge >= 0.3 is 0 Å². The van der Waals surface area contributed by atoms with Gasteiger partial charge in [0.25, 0.3) is 0 Å². The third-order valence-electron chi connectivity index (χ3n) is 3.43. The van der Waals surface area contributed by atoms with Gasteiger partial charge in [0.1, 0.15) is 0 Å². The van der Waals surface area contributed by atoms with Crippen molar-refractivity contribution in [2.45, 2.75) is 66.7 Å². The molecule has 0 fully saturated rings. The zero-order valence-corrected chi connectivity index (χ0v) is 12.8. The van der Waals surface area contributed by atoms with E-state index in [9.17, 15) is 0 Å². The molecule has 0 saturated carbocycles. The molecule has 0 aliphatic rings. The van der Waals surface area contributed by atoms with Crippen LogP contribution in [0.5, 0.6) is 0 Å². The molecule has 0 atom stereocenters. The first kappa shape index (κ1) is 16.2. The van der Waals surface area contributed by atoms with Crippen LogP contribution >= 0.6 is 0 Å². The second kappa shape index (κ2) is 6.83. The summed E-state index contributed by atoms with van der Waals surface area (Å²) >= 11 is 0. The molecule has 0 radical (unpaired) electrons. The van der Waals surface area contributed by atoms with Gasteiger partial charge in [0, 0.05) is 0 Å². The minimum Gasteiger partial charge on any atom is -0.0683 e. The topological polar surface area (TPSA) is 0 Å². The molecule has 0 unspecified atom stereocenters. The van der Waals surface area contributed by atoms with Crippen LogP contribution in [0.15, 0.2) is 30.3 Å². The van der Waals surface area contributed by atoms with Crippen molar-refractivity contribution in [2.24, 2.45) is 5.41 Å². The maximum Gasteiger partial charge on any atom is -0.00985 e. The van der Waals surface area contributed by atoms with Gasteiger partial charge < -0.3 is 0 Å². The predicted octanol–water partition coefficient (Wildman–Crippen LogP) is 5.82. The van der Waals surface area contributed by atoms with Crippen LogP contribution in [0.3, 0.4) is 0 Å². The van der Waals surface area contributed by atoms with Crippen molar-refractivity contribution in [3.8, 4) is 0 Å². The summed E-state index contributed by atoms with van der Waals surface area (Å²) in [7, 11) is 0. The molecule has 17 heavy (non-hydrogen) atoms. The minimum absolute atomic E-state index is 0.279. The highest BCUT2D eigenvalue weighted by Gasteiger charge is 2.28. The molecule has 0 aliphatic heterocycles. The molecule has 1 aromatic rings. The molecule has 98 valence electrons. The first-order valence-electron chi connectivity index (χ1n) is 6.93. The van der Waals surface area contributed by atoms with E-state index in [0.717, 1.165) is 0 Å². The van der Waals surface area contributed by atoms with Gasteiger partial charge in [-0.05, 0) is 22.8 Å². The molecule has 0 saturated heterocycles. The fourth-order valence-electron chi connectivity index (χ4n) is 2.31. The lowest BCUT2D eigenvalue weighted by Crippen LogP contribution is -2.26. The van der Waals surface area contributed by atoms with Crippen molar-refractivity contribution < 1.29 is 0 Å². The van der Waals surface area contributed by atoms with Crippen LogP contribution in [0.1, 0.15) is 66.9 Å².